The van der Waals surface area contributed by atoms with Gasteiger partial charge in [-0.15, -0.1) is 5.10 Å². The molecular formula is C13H19N5O4. The molecule has 2 amide bonds. The first-order valence-corrected chi connectivity index (χ1v) is 7.03. The van der Waals surface area contributed by atoms with Crippen LogP contribution in [0.15, 0.2) is 6.20 Å². The van der Waals surface area contributed by atoms with Crippen LogP contribution in [0, 0.1) is 5.92 Å². The summed E-state index contributed by atoms with van der Waals surface area (Å²) in [7, 11) is 1.35. The predicted molar refractivity (Wildman–Crippen MR) is 75.6 cm³/mol. The molecule has 0 spiro atoms. The number of anilines is 1. The number of likely N-dealkylation sites (tertiary alicyclic amines) is 1. The van der Waals surface area contributed by atoms with Crippen LogP contribution in [-0.2, 0) is 25.7 Å². The predicted octanol–water partition coefficient (Wildman–Crippen LogP) is -0.352. The van der Waals surface area contributed by atoms with E-state index in [-0.39, 0.29) is 30.2 Å². The fraction of sp³-hybridized carbons (Fsp3) is 0.615. The standard InChI is InChI=1S/C13H19N5O4/c1-9(19)15-11-6-14-18(16-11)8-12(20)17-5-3-4-10(7-17)13(21)22-2/h6,10H,3-5,7-8H2,1-2H3,(H,15,16,19). The monoisotopic (exact) mass is 309 g/mol. The zero-order chi connectivity index (χ0) is 16.1. The number of esters is 1. The van der Waals surface area contributed by atoms with Gasteiger partial charge in [0.15, 0.2) is 5.82 Å². The molecule has 9 heteroatoms. The number of amides is 2. The van der Waals surface area contributed by atoms with Gasteiger partial charge < -0.3 is 15.0 Å². The van der Waals surface area contributed by atoms with E-state index in [9.17, 15) is 14.4 Å². The number of carbonyl (C=O) groups excluding carboxylic acids is 3. The number of hydrogen-bond donors (Lipinski definition) is 1. The van der Waals surface area contributed by atoms with Crippen LogP contribution in [0.25, 0.3) is 0 Å². The van der Waals surface area contributed by atoms with Crippen molar-refractivity contribution in [1.82, 2.24) is 19.9 Å². The Balaban J connectivity index is 1.92. The van der Waals surface area contributed by atoms with E-state index in [1.54, 1.807) is 4.90 Å². The summed E-state index contributed by atoms with van der Waals surface area (Å²) in [5, 5.41) is 10.4. The lowest BCUT2D eigenvalue weighted by molar-refractivity contribution is -0.149. The van der Waals surface area contributed by atoms with Gasteiger partial charge in [0.25, 0.3) is 0 Å². The summed E-state index contributed by atoms with van der Waals surface area (Å²) >= 11 is 0. The van der Waals surface area contributed by atoms with Crippen molar-refractivity contribution in [3.63, 3.8) is 0 Å². The second-order valence-corrected chi connectivity index (χ2v) is 5.14. The molecule has 2 heterocycles. The highest BCUT2D eigenvalue weighted by atomic mass is 16.5. The molecule has 22 heavy (non-hydrogen) atoms. The van der Waals surface area contributed by atoms with Crippen LogP contribution in [0.1, 0.15) is 19.8 Å². The van der Waals surface area contributed by atoms with Crippen LogP contribution in [0.3, 0.4) is 0 Å². The Bertz CT molecular complexity index is 571. The topological polar surface area (TPSA) is 106 Å². The Hall–Kier alpha value is -2.45. The van der Waals surface area contributed by atoms with Crippen LogP contribution in [-0.4, -0.2) is 57.9 Å². The SMILES string of the molecule is COC(=O)C1CCCN(C(=O)Cn2ncc(NC(C)=O)n2)C1. The molecule has 1 aliphatic heterocycles. The second kappa shape index (κ2) is 7.01. The zero-order valence-corrected chi connectivity index (χ0v) is 12.6. The molecule has 0 radical (unpaired) electrons. The molecule has 0 aromatic carbocycles. The molecule has 1 aromatic heterocycles. The number of piperidine rings is 1. The Morgan fingerprint density at radius 2 is 2.23 bits per heavy atom. The first-order valence-electron chi connectivity index (χ1n) is 7.03. The summed E-state index contributed by atoms with van der Waals surface area (Å²) in [5.74, 6) is -0.689. The minimum Gasteiger partial charge on any atom is -0.469 e. The van der Waals surface area contributed by atoms with Gasteiger partial charge in [-0.1, -0.05) is 0 Å². The fourth-order valence-corrected chi connectivity index (χ4v) is 2.39. The van der Waals surface area contributed by atoms with E-state index in [4.69, 9.17) is 4.74 Å². The van der Waals surface area contributed by atoms with Gasteiger partial charge >= 0.3 is 5.97 Å². The minimum absolute atomic E-state index is 0.0342. The number of rotatable bonds is 4. The quantitative estimate of drug-likeness (QED) is 0.762. The molecule has 1 fully saturated rings. The second-order valence-electron chi connectivity index (χ2n) is 5.14. The highest BCUT2D eigenvalue weighted by Gasteiger charge is 2.29. The number of ether oxygens (including phenoxy) is 1. The maximum atomic E-state index is 12.2. The van der Waals surface area contributed by atoms with Gasteiger partial charge in [0.1, 0.15) is 6.54 Å². The van der Waals surface area contributed by atoms with Crippen molar-refractivity contribution in [3.05, 3.63) is 6.20 Å². The molecule has 1 saturated heterocycles. The summed E-state index contributed by atoms with van der Waals surface area (Å²) in [5.41, 5.74) is 0. The van der Waals surface area contributed by atoms with Crippen LogP contribution < -0.4 is 5.32 Å². The lowest BCUT2D eigenvalue weighted by Gasteiger charge is -2.31. The number of nitrogens with zero attached hydrogens (tertiary/aromatic N) is 4. The molecule has 2 rings (SSSR count). The summed E-state index contributed by atoms with van der Waals surface area (Å²) in [4.78, 5) is 37.6. The number of hydrogen-bond acceptors (Lipinski definition) is 6. The van der Waals surface area contributed by atoms with Crippen LogP contribution >= 0.6 is 0 Å². The zero-order valence-electron chi connectivity index (χ0n) is 12.6. The first kappa shape index (κ1) is 15.9. The first-order chi connectivity index (χ1) is 10.5. The van der Waals surface area contributed by atoms with E-state index in [1.165, 1.54) is 25.0 Å². The molecule has 9 nitrogen and oxygen atoms in total. The number of methoxy groups -OCH3 is 1. The van der Waals surface area contributed by atoms with Gasteiger partial charge in [-0.2, -0.15) is 9.90 Å². The van der Waals surface area contributed by atoms with Crippen molar-refractivity contribution in [2.75, 3.05) is 25.5 Å². The van der Waals surface area contributed by atoms with Crippen LogP contribution in [0.4, 0.5) is 5.82 Å². The van der Waals surface area contributed by atoms with Crippen molar-refractivity contribution in [1.29, 1.82) is 0 Å². The number of nitrogens with one attached hydrogen (secondary N) is 1. The number of aromatic nitrogens is 3. The summed E-state index contributed by atoms with van der Waals surface area (Å²) in [6.07, 6.45) is 2.86. The average Bonchev–Trinajstić information content (AvgIpc) is 2.92. The summed E-state index contributed by atoms with van der Waals surface area (Å²) in [6, 6.07) is 0. The third-order valence-corrected chi connectivity index (χ3v) is 3.43. The van der Waals surface area contributed by atoms with Gasteiger partial charge in [0, 0.05) is 20.0 Å². The third kappa shape index (κ3) is 4.03. The van der Waals surface area contributed by atoms with Crippen molar-refractivity contribution in [3.8, 4) is 0 Å². The maximum Gasteiger partial charge on any atom is 0.310 e. The highest BCUT2D eigenvalue weighted by Crippen LogP contribution is 2.18. The average molecular weight is 309 g/mol. The Kier molecular flexibility index (Phi) is 5.08. The van der Waals surface area contributed by atoms with Gasteiger partial charge in [0.05, 0.1) is 19.2 Å². The van der Waals surface area contributed by atoms with Crippen LogP contribution in [0.5, 0.6) is 0 Å². The lowest BCUT2D eigenvalue weighted by atomic mass is 9.98. The number of carbonyl (C=O) groups is 3. The van der Waals surface area contributed by atoms with Gasteiger partial charge in [-0.3, -0.25) is 14.4 Å². The van der Waals surface area contributed by atoms with Crippen molar-refractivity contribution in [2.45, 2.75) is 26.3 Å². The van der Waals surface area contributed by atoms with Gasteiger partial charge in [-0.25, -0.2) is 0 Å². The third-order valence-electron chi connectivity index (χ3n) is 3.43. The minimum atomic E-state index is -0.289. The Labute approximate surface area is 127 Å². The molecule has 1 unspecified atom stereocenters. The molecular weight excluding hydrogens is 290 g/mol. The highest BCUT2D eigenvalue weighted by molar-refractivity contribution is 5.87. The lowest BCUT2D eigenvalue weighted by Crippen LogP contribution is -2.44. The van der Waals surface area contributed by atoms with E-state index in [0.717, 1.165) is 12.8 Å². The van der Waals surface area contributed by atoms with Crippen molar-refractivity contribution >= 4 is 23.6 Å². The molecule has 1 aromatic rings. The molecule has 120 valence electrons. The molecule has 0 saturated carbocycles. The van der Waals surface area contributed by atoms with E-state index in [2.05, 4.69) is 15.5 Å². The van der Waals surface area contributed by atoms with E-state index in [0.29, 0.717) is 18.9 Å². The fourth-order valence-electron chi connectivity index (χ4n) is 2.39. The normalized spacial score (nSPS) is 17.9. The summed E-state index contributed by atoms with van der Waals surface area (Å²) < 4.78 is 4.73. The van der Waals surface area contributed by atoms with Crippen LogP contribution in [0.2, 0.25) is 0 Å². The largest absolute Gasteiger partial charge is 0.469 e. The van der Waals surface area contributed by atoms with Crippen molar-refractivity contribution < 1.29 is 19.1 Å². The Morgan fingerprint density at radius 3 is 2.91 bits per heavy atom. The molecule has 1 N–H and O–H groups in total. The van der Waals surface area contributed by atoms with E-state index >= 15 is 0 Å². The molecule has 1 aliphatic rings. The maximum absolute atomic E-state index is 12.2. The van der Waals surface area contributed by atoms with E-state index in [1.807, 2.05) is 0 Å². The van der Waals surface area contributed by atoms with E-state index < -0.39 is 0 Å². The molecule has 0 aliphatic carbocycles. The smallest absolute Gasteiger partial charge is 0.310 e. The Morgan fingerprint density at radius 1 is 1.45 bits per heavy atom. The summed E-state index contributed by atoms with van der Waals surface area (Å²) in [6.45, 7) is 2.29. The van der Waals surface area contributed by atoms with Crippen molar-refractivity contribution in [2.24, 2.45) is 5.92 Å². The molecule has 1 atom stereocenters. The molecule has 0 bridgehead atoms. The van der Waals surface area contributed by atoms with Gasteiger partial charge in [0.2, 0.25) is 11.8 Å². The van der Waals surface area contributed by atoms with Gasteiger partial charge in [-0.05, 0) is 12.8 Å².